The minimum atomic E-state index is -1.00. The monoisotopic (exact) mass is 446 g/mol. The summed E-state index contributed by atoms with van der Waals surface area (Å²) in [5.41, 5.74) is 1.78. The number of nitrogens with one attached hydrogen (secondary N) is 2. The number of amides is 2. The molecule has 6 nitrogen and oxygen atoms in total. The molecule has 2 unspecified atom stereocenters. The van der Waals surface area contributed by atoms with Gasteiger partial charge in [-0.1, -0.05) is 74.4 Å². The predicted molar refractivity (Wildman–Crippen MR) is 129 cm³/mol. The van der Waals surface area contributed by atoms with Gasteiger partial charge in [-0.05, 0) is 52.6 Å². The summed E-state index contributed by atoms with van der Waals surface area (Å²) in [5, 5.41) is 14.7. The molecule has 2 atom stereocenters. The van der Waals surface area contributed by atoms with Crippen molar-refractivity contribution in [2.45, 2.75) is 98.4 Å². The van der Waals surface area contributed by atoms with Crippen LogP contribution in [0.5, 0.6) is 5.75 Å². The van der Waals surface area contributed by atoms with Crippen molar-refractivity contribution in [3.05, 3.63) is 29.3 Å². The van der Waals surface area contributed by atoms with Gasteiger partial charge in [0, 0.05) is 18.2 Å². The van der Waals surface area contributed by atoms with Crippen LogP contribution in [0.15, 0.2) is 18.2 Å². The molecule has 1 aromatic carbocycles. The molecule has 0 aliphatic heterocycles. The van der Waals surface area contributed by atoms with Crippen LogP contribution in [-0.4, -0.2) is 29.9 Å². The quantitative estimate of drug-likeness (QED) is 0.512. The van der Waals surface area contributed by atoms with Crippen molar-refractivity contribution in [2.24, 2.45) is 10.8 Å². The Morgan fingerprint density at radius 1 is 1.06 bits per heavy atom. The van der Waals surface area contributed by atoms with E-state index in [2.05, 4.69) is 79.0 Å². The number of benzene rings is 1. The first kappa shape index (κ1) is 26.0. The Balaban J connectivity index is 2.13. The third kappa shape index (κ3) is 7.14. The van der Waals surface area contributed by atoms with E-state index in [0.29, 0.717) is 18.7 Å². The van der Waals surface area contributed by atoms with Gasteiger partial charge in [-0.15, -0.1) is 0 Å². The lowest BCUT2D eigenvalue weighted by atomic mass is 9.62. The van der Waals surface area contributed by atoms with Gasteiger partial charge in [-0.2, -0.15) is 0 Å². The molecule has 1 aliphatic carbocycles. The maximum absolute atomic E-state index is 12.7. The topological polar surface area (TPSA) is 87.7 Å². The summed E-state index contributed by atoms with van der Waals surface area (Å²) in [7, 11) is 0. The van der Waals surface area contributed by atoms with Crippen molar-refractivity contribution in [3.8, 4) is 5.75 Å². The first-order chi connectivity index (χ1) is 14.4. The largest absolute Gasteiger partial charge is 0.465 e. The van der Waals surface area contributed by atoms with Crippen LogP contribution in [0.25, 0.3) is 0 Å². The van der Waals surface area contributed by atoms with E-state index >= 15 is 0 Å². The molecule has 3 N–H and O–H groups in total. The lowest BCUT2D eigenvalue weighted by molar-refractivity contribution is 0.0695. The van der Waals surface area contributed by atoms with Crippen molar-refractivity contribution in [3.63, 3.8) is 0 Å². The van der Waals surface area contributed by atoms with E-state index in [1.54, 1.807) is 0 Å². The Morgan fingerprint density at radius 2 is 1.69 bits per heavy atom. The van der Waals surface area contributed by atoms with E-state index in [1.807, 2.05) is 12.1 Å². The van der Waals surface area contributed by atoms with Crippen molar-refractivity contribution in [2.75, 3.05) is 6.54 Å². The second-order valence-corrected chi connectivity index (χ2v) is 12.7. The molecule has 0 bridgehead atoms. The zero-order valence-corrected chi connectivity index (χ0v) is 21.3. The number of hydrogen-bond donors (Lipinski definition) is 3. The molecule has 0 saturated heterocycles. The molecule has 2 amide bonds. The molecule has 1 saturated carbocycles. The van der Waals surface area contributed by atoms with Gasteiger partial charge < -0.3 is 20.5 Å². The van der Waals surface area contributed by atoms with E-state index in [1.165, 1.54) is 5.56 Å². The second kappa shape index (κ2) is 8.95. The molecule has 180 valence electrons. The highest BCUT2D eigenvalue weighted by molar-refractivity contribution is 5.71. The zero-order chi connectivity index (χ0) is 24.5. The number of carbonyl (C=O) groups is 2. The summed E-state index contributed by atoms with van der Waals surface area (Å²) in [5.74, 6) is 0.572. The summed E-state index contributed by atoms with van der Waals surface area (Å²) in [6.07, 6.45) is 0.874. The van der Waals surface area contributed by atoms with E-state index in [-0.39, 0.29) is 27.7 Å². The third-order valence-corrected chi connectivity index (χ3v) is 6.29. The number of rotatable bonds is 4. The van der Waals surface area contributed by atoms with Crippen molar-refractivity contribution < 1.29 is 19.4 Å². The highest BCUT2D eigenvalue weighted by Crippen LogP contribution is 2.45. The van der Waals surface area contributed by atoms with Crippen LogP contribution in [-0.2, 0) is 10.8 Å². The lowest BCUT2D eigenvalue weighted by Crippen LogP contribution is -2.50. The fraction of sp³-hybridized carbons (Fsp3) is 0.692. The fourth-order valence-corrected chi connectivity index (χ4v) is 5.14. The van der Waals surface area contributed by atoms with Crippen LogP contribution in [0.4, 0.5) is 9.59 Å². The highest BCUT2D eigenvalue weighted by Gasteiger charge is 2.42. The van der Waals surface area contributed by atoms with Crippen LogP contribution in [0.3, 0.4) is 0 Å². The molecule has 1 aliphatic rings. The average molecular weight is 447 g/mol. The maximum atomic E-state index is 12.7. The van der Waals surface area contributed by atoms with E-state index in [0.717, 1.165) is 18.4 Å². The third-order valence-electron chi connectivity index (χ3n) is 6.29. The Hall–Kier alpha value is -2.24. The molecule has 6 heteroatoms. The second-order valence-electron chi connectivity index (χ2n) is 12.7. The van der Waals surface area contributed by atoms with Gasteiger partial charge in [0.05, 0.1) is 0 Å². The summed E-state index contributed by atoms with van der Waals surface area (Å²) in [6, 6.07) is 5.91. The predicted octanol–water partition coefficient (Wildman–Crippen LogP) is 6.22. The Bertz CT molecular complexity index is 848. The van der Waals surface area contributed by atoms with Gasteiger partial charge in [0.25, 0.3) is 0 Å². The Morgan fingerprint density at radius 3 is 2.22 bits per heavy atom. The molecule has 0 aromatic heterocycles. The fourth-order valence-electron chi connectivity index (χ4n) is 5.14. The maximum Gasteiger partial charge on any atom is 0.412 e. The number of carbonyl (C=O) groups excluding carboxylic acids is 1. The van der Waals surface area contributed by atoms with Crippen molar-refractivity contribution in [1.29, 1.82) is 0 Å². The lowest BCUT2D eigenvalue weighted by Gasteiger charge is -2.46. The highest BCUT2D eigenvalue weighted by atomic mass is 16.6. The normalized spacial score (nSPS) is 23.3. The van der Waals surface area contributed by atoms with Crippen LogP contribution in [0.2, 0.25) is 0 Å². The molecular formula is C26H42N2O4. The van der Waals surface area contributed by atoms with Crippen LogP contribution >= 0.6 is 0 Å². The summed E-state index contributed by atoms with van der Waals surface area (Å²) in [6.45, 7) is 19.7. The molecule has 2 rings (SSSR count). The van der Waals surface area contributed by atoms with Gasteiger partial charge in [0.2, 0.25) is 0 Å². The minimum Gasteiger partial charge on any atom is -0.465 e. The first-order valence-electron chi connectivity index (χ1n) is 11.5. The summed E-state index contributed by atoms with van der Waals surface area (Å²) < 4.78 is 5.76. The van der Waals surface area contributed by atoms with Gasteiger partial charge in [-0.3, -0.25) is 0 Å². The molecule has 1 aromatic rings. The van der Waals surface area contributed by atoms with Gasteiger partial charge in [0.1, 0.15) is 5.75 Å². The Kier molecular flexibility index (Phi) is 7.28. The standard InChI is InChI=1S/C26H42N2O4/c1-23(2,3)17-10-11-20(19(12-17)24(4,5)6)32-22(31)27-16-26(9)14-18(28-21(29)30)13-25(7,8)15-26/h10-12,18,28H,13-16H2,1-9H3,(H,27,31)(H,29,30). The van der Waals surface area contributed by atoms with Crippen LogP contribution in [0, 0.1) is 10.8 Å². The minimum absolute atomic E-state index is 0.00367. The summed E-state index contributed by atoms with van der Waals surface area (Å²) >= 11 is 0. The van der Waals surface area contributed by atoms with Crippen LogP contribution in [0.1, 0.15) is 92.7 Å². The zero-order valence-electron chi connectivity index (χ0n) is 21.3. The first-order valence-corrected chi connectivity index (χ1v) is 11.5. The molecule has 0 radical (unpaired) electrons. The van der Waals surface area contributed by atoms with E-state index in [9.17, 15) is 9.59 Å². The van der Waals surface area contributed by atoms with E-state index < -0.39 is 12.2 Å². The average Bonchev–Trinajstić information content (AvgIpc) is 2.56. The van der Waals surface area contributed by atoms with Gasteiger partial charge in [-0.25, -0.2) is 9.59 Å². The number of carboxylic acid groups (broad SMARTS) is 1. The molecule has 0 spiro atoms. The van der Waals surface area contributed by atoms with Gasteiger partial charge in [0.15, 0.2) is 0 Å². The smallest absolute Gasteiger partial charge is 0.412 e. The number of hydrogen-bond acceptors (Lipinski definition) is 3. The molecular weight excluding hydrogens is 404 g/mol. The van der Waals surface area contributed by atoms with E-state index in [4.69, 9.17) is 9.84 Å². The van der Waals surface area contributed by atoms with Crippen molar-refractivity contribution >= 4 is 12.2 Å². The van der Waals surface area contributed by atoms with Crippen molar-refractivity contribution in [1.82, 2.24) is 10.6 Å². The molecule has 1 fully saturated rings. The molecule has 0 heterocycles. The van der Waals surface area contributed by atoms with Crippen LogP contribution < -0.4 is 15.4 Å². The number of ether oxygens (including phenoxy) is 1. The molecule has 32 heavy (non-hydrogen) atoms. The summed E-state index contributed by atoms with van der Waals surface area (Å²) in [4.78, 5) is 23.9. The Labute approximate surface area is 193 Å². The van der Waals surface area contributed by atoms with Gasteiger partial charge >= 0.3 is 12.2 Å². The SMILES string of the molecule is CC1(C)CC(NC(=O)O)CC(C)(CNC(=O)Oc2ccc(C(C)(C)C)cc2C(C)(C)C)C1.